The van der Waals surface area contributed by atoms with Crippen molar-refractivity contribution in [1.29, 1.82) is 0 Å². The second-order valence-corrected chi connectivity index (χ2v) is 12.6. The van der Waals surface area contributed by atoms with Crippen LogP contribution < -0.4 is 16.0 Å². The molecule has 3 aromatic heterocycles. The Morgan fingerprint density at radius 3 is 2.03 bits per heavy atom. The molecule has 4 rings (SSSR count). The summed E-state index contributed by atoms with van der Waals surface area (Å²) in [6.45, 7) is 11.8. The van der Waals surface area contributed by atoms with E-state index in [2.05, 4.69) is 30.9 Å². The summed E-state index contributed by atoms with van der Waals surface area (Å²) in [7, 11) is 0. The summed E-state index contributed by atoms with van der Waals surface area (Å²) >= 11 is 1.14. The maximum atomic E-state index is 13.1. The monoisotopic (exact) mass is 578 g/mol. The normalized spacial score (nSPS) is 21.2. The third-order valence-electron chi connectivity index (χ3n) is 5.92. The third-order valence-corrected chi connectivity index (χ3v) is 8.80. The number of amides is 3. The molecule has 0 aromatic carbocycles. The number of hydrogen-bond acceptors (Lipinski definition) is 8. The summed E-state index contributed by atoms with van der Waals surface area (Å²) in [5.41, 5.74) is 0.689. The SMILES string of the molecule is CC(C)[C@@H]1NC(=O)c2c[se]c(n2)[C@H](C(C)C)NC(=O)c2csc(n2)[C@@H](C(C)C)NC(=O)c2coc1n2. The predicted octanol–water partition coefficient (Wildman–Crippen LogP) is 3.28. The van der Waals surface area contributed by atoms with Crippen LogP contribution in [0.1, 0.15) is 107 Å². The number of thiazole rings is 1. The van der Waals surface area contributed by atoms with Gasteiger partial charge in [0.15, 0.2) is 0 Å². The van der Waals surface area contributed by atoms with Crippen LogP contribution >= 0.6 is 11.3 Å². The van der Waals surface area contributed by atoms with Gasteiger partial charge in [0.2, 0.25) is 0 Å². The minimum atomic E-state index is -0.548. The van der Waals surface area contributed by atoms with Gasteiger partial charge >= 0.3 is 220 Å². The second-order valence-electron chi connectivity index (χ2n) is 9.80. The first-order chi connectivity index (χ1) is 17.0. The van der Waals surface area contributed by atoms with Crippen LogP contribution in [0.2, 0.25) is 0 Å². The van der Waals surface area contributed by atoms with Gasteiger partial charge in [-0.25, -0.2) is 0 Å². The zero-order valence-electron chi connectivity index (χ0n) is 21.0. The molecule has 0 saturated carbocycles. The number of fused-ring (bicyclic) bond motifs is 6. The first kappa shape index (κ1) is 26.2. The van der Waals surface area contributed by atoms with Crippen molar-refractivity contribution in [3.63, 3.8) is 0 Å². The zero-order valence-corrected chi connectivity index (χ0v) is 23.5. The summed E-state index contributed by atoms with van der Waals surface area (Å²) in [6.07, 6.45) is 1.29. The van der Waals surface area contributed by atoms with Crippen LogP contribution in [0.3, 0.4) is 0 Å². The summed E-state index contributed by atoms with van der Waals surface area (Å²) < 4.78 is 6.41. The van der Waals surface area contributed by atoms with Gasteiger partial charge in [0.1, 0.15) is 0 Å². The van der Waals surface area contributed by atoms with Crippen LogP contribution in [-0.4, -0.2) is 47.2 Å². The molecule has 3 atom stereocenters. The number of oxazole rings is 1. The van der Waals surface area contributed by atoms with E-state index >= 15 is 0 Å². The molecule has 0 aliphatic carbocycles. The Balaban J connectivity index is 1.78. The summed E-state index contributed by atoms with van der Waals surface area (Å²) in [5, 5.41) is 11.3. The molecule has 3 amide bonds. The Hall–Kier alpha value is -2.82. The molecule has 3 N–H and O–H groups in total. The zero-order chi connectivity index (χ0) is 26.1. The van der Waals surface area contributed by atoms with Gasteiger partial charge in [0.05, 0.1) is 0 Å². The Bertz CT molecular complexity index is 1110. The van der Waals surface area contributed by atoms with Gasteiger partial charge in [-0.3, -0.25) is 0 Å². The predicted molar refractivity (Wildman–Crippen MR) is 135 cm³/mol. The molecule has 0 radical (unpaired) electrons. The van der Waals surface area contributed by atoms with E-state index in [0.29, 0.717) is 10.7 Å². The average Bonchev–Trinajstić information content (AvgIpc) is 3.58. The molecule has 0 spiro atoms. The van der Waals surface area contributed by atoms with E-state index in [9.17, 15) is 14.4 Å². The van der Waals surface area contributed by atoms with E-state index in [1.165, 1.54) is 17.6 Å². The molecule has 36 heavy (non-hydrogen) atoms. The molecule has 1 aliphatic rings. The van der Waals surface area contributed by atoms with Crippen LogP contribution in [0.25, 0.3) is 0 Å². The maximum absolute atomic E-state index is 13.1. The Kier molecular flexibility index (Phi) is 7.77. The number of carbonyl (C=O) groups excluding carboxylic acids is 3. The summed E-state index contributed by atoms with van der Waals surface area (Å²) in [6, 6.07) is -1.30. The van der Waals surface area contributed by atoms with Crippen molar-refractivity contribution >= 4 is 43.6 Å². The molecule has 1 aliphatic heterocycles. The van der Waals surface area contributed by atoms with Crippen LogP contribution in [0.4, 0.5) is 0 Å². The van der Waals surface area contributed by atoms with Gasteiger partial charge in [-0.05, 0) is 0 Å². The molecule has 0 fully saturated rings. The number of nitrogens with one attached hydrogen (secondary N) is 3. The van der Waals surface area contributed by atoms with E-state index in [-0.39, 0.29) is 67.4 Å². The Labute approximate surface area is 219 Å². The number of carbonyl (C=O) groups is 3. The van der Waals surface area contributed by atoms with E-state index in [1.807, 2.05) is 46.5 Å². The van der Waals surface area contributed by atoms with E-state index in [4.69, 9.17) is 4.42 Å². The second kappa shape index (κ2) is 10.7. The molecule has 3 aromatic rings. The van der Waals surface area contributed by atoms with E-state index in [1.54, 1.807) is 5.38 Å². The molecule has 12 heteroatoms. The first-order valence-electron chi connectivity index (χ1n) is 11.8. The first-order valence-corrected chi connectivity index (χ1v) is 14.6. The van der Waals surface area contributed by atoms with E-state index < -0.39 is 18.0 Å². The van der Waals surface area contributed by atoms with Crippen molar-refractivity contribution in [3.05, 3.63) is 49.1 Å². The van der Waals surface area contributed by atoms with Crippen molar-refractivity contribution in [2.45, 2.75) is 59.7 Å². The molecule has 192 valence electrons. The molecule has 4 heterocycles. The van der Waals surface area contributed by atoms with Gasteiger partial charge < -0.3 is 0 Å². The van der Waals surface area contributed by atoms with Crippen LogP contribution in [0.15, 0.2) is 21.0 Å². The fraction of sp³-hybridized carbons (Fsp3) is 0.500. The van der Waals surface area contributed by atoms with Crippen molar-refractivity contribution in [1.82, 2.24) is 30.9 Å². The number of aromatic nitrogens is 3. The summed E-state index contributed by atoms with van der Waals surface area (Å²) in [4.78, 5) is 54.6. The van der Waals surface area contributed by atoms with Gasteiger partial charge in [-0.15, -0.1) is 0 Å². The number of rotatable bonds is 3. The van der Waals surface area contributed by atoms with Gasteiger partial charge in [0, 0.05) is 0 Å². The molecular weight excluding hydrogens is 547 g/mol. The van der Waals surface area contributed by atoms with Gasteiger partial charge in [-0.1, -0.05) is 0 Å². The van der Waals surface area contributed by atoms with Crippen LogP contribution in [0.5, 0.6) is 0 Å². The minimum absolute atomic E-state index is 0.0131. The van der Waals surface area contributed by atoms with Crippen molar-refractivity contribution in [3.8, 4) is 0 Å². The molecule has 0 saturated heterocycles. The number of nitrogens with zero attached hydrogens (tertiary/aromatic N) is 3. The molecule has 10 nitrogen and oxygen atoms in total. The third kappa shape index (κ3) is 5.45. The van der Waals surface area contributed by atoms with Gasteiger partial charge in [0.25, 0.3) is 0 Å². The summed E-state index contributed by atoms with van der Waals surface area (Å²) in [5.74, 6) is -0.814. The topological polar surface area (TPSA) is 139 Å². The molecular formula is C24H30N6O4SSe. The fourth-order valence-electron chi connectivity index (χ4n) is 3.79. The standard InChI is InChI=1S/C24H30N6O4SSe/c1-10(2)16-22-25-13(7-34-22)19(31)29-17(11(3)4)23-26-14(8-35-23)20(32)30-18(12(5)6)24-27-15(9-36-24)21(33)28-16/h7-12,16-18H,1-6H3,(H,28,33)(H,29,31)(H,30,32)/t16-,17+,18-/m0/s1. The number of hydrogen-bond donors (Lipinski definition) is 3. The fourth-order valence-corrected chi connectivity index (χ4v) is 6.95. The quantitative estimate of drug-likeness (QED) is 0.406. The molecule has 0 unspecified atom stereocenters. The van der Waals surface area contributed by atoms with Crippen molar-refractivity contribution in [2.75, 3.05) is 0 Å². The van der Waals surface area contributed by atoms with Crippen molar-refractivity contribution < 1.29 is 18.8 Å². The average molecular weight is 578 g/mol. The van der Waals surface area contributed by atoms with Crippen LogP contribution in [0, 0.1) is 17.8 Å². The molecule has 6 bridgehead atoms. The van der Waals surface area contributed by atoms with Gasteiger partial charge in [-0.2, -0.15) is 0 Å². The van der Waals surface area contributed by atoms with Crippen molar-refractivity contribution in [2.24, 2.45) is 17.8 Å². The Morgan fingerprint density at radius 2 is 1.36 bits per heavy atom. The Morgan fingerprint density at radius 1 is 0.778 bits per heavy atom. The van der Waals surface area contributed by atoms with Crippen LogP contribution in [-0.2, 0) is 0 Å². The van der Waals surface area contributed by atoms with E-state index in [0.717, 1.165) is 4.57 Å².